The van der Waals surface area contributed by atoms with Crippen LogP contribution in [0.5, 0.6) is 0 Å². The Labute approximate surface area is 136 Å². The maximum atomic E-state index is 13.0. The molecule has 0 aliphatic heterocycles. The van der Waals surface area contributed by atoms with Crippen molar-refractivity contribution in [3.05, 3.63) is 35.6 Å². The number of amides is 2. The van der Waals surface area contributed by atoms with Gasteiger partial charge in [0.2, 0.25) is 0 Å². The molecule has 0 saturated heterocycles. The summed E-state index contributed by atoms with van der Waals surface area (Å²) in [4.78, 5) is 14.3. The molecule has 3 atom stereocenters. The van der Waals surface area contributed by atoms with Gasteiger partial charge in [-0.15, -0.1) is 0 Å². The Morgan fingerprint density at radius 3 is 2.57 bits per heavy atom. The van der Waals surface area contributed by atoms with Gasteiger partial charge in [0.15, 0.2) is 0 Å². The zero-order valence-corrected chi connectivity index (χ0v) is 13.5. The average molecular weight is 320 g/mol. The number of aliphatic hydroxyl groups excluding tert-OH is 1. The molecule has 2 aliphatic carbocycles. The molecule has 0 heterocycles. The summed E-state index contributed by atoms with van der Waals surface area (Å²) in [5, 5.41) is 13.5. The van der Waals surface area contributed by atoms with Crippen LogP contribution in [-0.4, -0.2) is 34.7 Å². The molecule has 0 aromatic heterocycles. The van der Waals surface area contributed by atoms with Crippen LogP contribution in [0.3, 0.4) is 0 Å². The number of nitrogens with one attached hydrogen (secondary N) is 1. The van der Waals surface area contributed by atoms with Crippen molar-refractivity contribution in [2.24, 2.45) is 5.92 Å². The zero-order chi connectivity index (χ0) is 16.4. The van der Waals surface area contributed by atoms with Crippen LogP contribution in [-0.2, 0) is 0 Å². The second kappa shape index (κ2) is 6.87. The first-order valence-electron chi connectivity index (χ1n) is 8.55. The van der Waals surface area contributed by atoms with Gasteiger partial charge in [0.25, 0.3) is 0 Å². The number of halogens is 1. The Balaban J connectivity index is 1.62. The van der Waals surface area contributed by atoms with Crippen molar-refractivity contribution in [2.75, 3.05) is 6.54 Å². The molecule has 0 spiro atoms. The maximum absolute atomic E-state index is 13.0. The van der Waals surface area contributed by atoms with Crippen molar-refractivity contribution in [3.63, 3.8) is 0 Å². The fraction of sp³-hybridized carbons (Fsp3) is 0.611. The van der Waals surface area contributed by atoms with E-state index in [4.69, 9.17) is 0 Å². The molecular weight excluding hydrogens is 295 g/mol. The molecule has 2 aliphatic rings. The molecule has 4 nitrogen and oxygen atoms in total. The van der Waals surface area contributed by atoms with E-state index in [0.29, 0.717) is 11.5 Å². The molecule has 2 N–H and O–H groups in total. The number of urea groups is 1. The fourth-order valence-electron chi connectivity index (χ4n) is 3.36. The van der Waals surface area contributed by atoms with E-state index in [9.17, 15) is 14.3 Å². The molecule has 5 heteroatoms. The van der Waals surface area contributed by atoms with Gasteiger partial charge < -0.3 is 15.3 Å². The standard InChI is InChI=1S/C18H25FN2O2/c1-12-3-2-4-16(12)20-18(23)21(15-9-10-15)11-17(22)13-5-7-14(19)8-6-13/h5-8,12,15-17,22H,2-4,9-11H2,1H3,(H,20,23). The average Bonchev–Trinajstić information content (AvgIpc) is 3.29. The predicted octanol–water partition coefficient (Wildman–Crippen LogP) is 3.22. The van der Waals surface area contributed by atoms with E-state index in [1.165, 1.54) is 12.1 Å². The Bertz CT molecular complexity index is 544. The van der Waals surface area contributed by atoms with Crippen molar-refractivity contribution >= 4 is 6.03 Å². The molecule has 0 bridgehead atoms. The fourth-order valence-corrected chi connectivity index (χ4v) is 3.36. The van der Waals surface area contributed by atoms with E-state index in [2.05, 4.69) is 12.2 Å². The van der Waals surface area contributed by atoms with Gasteiger partial charge in [0, 0.05) is 12.1 Å². The quantitative estimate of drug-likeness (QED) is 0.875. The van der Waals surface area contributed by atoms with Crippen LogP contribution in [0.1, 0.15) is 50.7 Å². The van der Waals surface area contributed by atoms with Gasteiger partial charge in [-0.2, -0.15) is 0 Å². The highest BCUT2D eigenvalue weighted by molar-refractivity contribution is 5.75. The summed E-state index contributed by atoms with van der Waals surface area (Å²) in [5.41, 5.74) is 0.638. The molecule has 0 radical (unpaired) electrons. The number of hydrogen-bond acceptors (Lipinski definition) is 2. The Morgan fingerprint density at radius 1 is 1.30 bits per heavy atom. The minimum atomic E-state index is -0.789. The lowest BCUT2D eigenvalue weighted by molar-refractivity contribution is 0.116. The van der Waals surface area contributed by atoms with Crippen LogP contribution >= 0.6 is 0 Å². The second-order valence-corrected chi connectivity index (χ2v) is 6.92. The van der Waals surface area contributed by atoms with Crippen LogP contribution in [0.15, 0.2) is 24.3 Å². The summed E-state index contributed by atoms with van der Waals surface area (Å²) in [7, 11) is 0. The van der Waals surface area contributed by atoms with Crippen LogP contribution in [0.25, 0.3) is 0 Å². The maximum Gasteiger partial charge on any atom is 0.317 e. The minimum absolute atomic E-state index is 0.0765. The van der Waals surface area contributed by atoms with Crippen LogP contribution < -0.4 is 5.32 Å². The van der Waals surface area contributed by atoms with Crippen LogP contribution in [0.2, 0.25) is 0 Å². The minimum Gasteiger partial charge on any atom is -0.387 e. The number of benzene rings is 1. The molecule has 126 valence electrons. The highest BCUT2D eigenvalue weighted by Crippen LogP contribution is 2.30. The molecule has 1 aromatic carbocycles. The first-order valence-corrected chi connectivity index (χ1v) is 8.55. The third kappa shape index (κ3) is 4.02. The van der Waals surface area contributed by atoms with E-state index in [-0.39, 0.29) is 30.5 Å². The lowest BCUT2D eigenvalue weighted by atomic mass is 10.1. The summed E-state index contributed by atoms with van der Waals surface area (Å²) in [6, 6.07) is 6.20. The van der Waals surface area contributed by atoms with E-state index in [0.717, 1.165) is 32.1 Å². The highest BCUT2D eigenvalue weighted by Gasteiger charge is 2.36. The van der Waals surface area contributed by atoms with E-state index < -0.39 is 6.10 Å². The van der Waals surface area contributed by atoms with Crippen molar-refractivity contribution in [2.45, 2.75) is 57.2 Å². The van der Waals surface area contributed by atoms with Gasteiger partial charge in [0.05, 0.1) is 12.6 Å². The number of carbonyl (C=O) groups is 1. The predicted molar refractivity (Wildman–Crippen MR) is 86.4 cm³/mol. The molecular formula is C18H25FN2O2. The largest absolute Gasteiger partial charge is 0.387 e. The number of rotatable bonds is 5. The monoisotopic (exact) mass is 320 g/mol. The lowest BCUT2D eigenvalue weighted by Gasteiger charge is -2.28. The van der Waals surface area contributed by atoms with E-state index in [1.807, 2.05) is 0 Å². The van der Waals surface area contributed by atoms with Crippen LogP contribution in [0, 0.1) is 11.7 Å². The Morgan fingerprint density at radius 2 is 2.00 bits per heavy atom. The second-order valence-electron chi connectivity index (χ2n) is 6.92. The van der Waals surface area contributed by atoms with Crippen molar-refractivity contribution in [3.8, 4) is 0 Å². The molecule has 1 aromatic rings. The van der Waals surface area contributed by atoms with Crippen molar-refractivity contribution in [1.29, 1.82) is 0 Å². The van der Waals surface area contributed by atoms with Crippen molar-refractivity contribution in [1.82, 2.24) is 10.2 Å². The SMILES string of the molecule is CC1CCCC1NC(=O)N(CC(O)c1ccc(F)cc1)C1CC1. The molecule has 2 saturated carbocycles. The number of carbonyl (C=O) groups excluding carboxylic acids is 1. The Kier molecular flexibility index (Phi) is 4.85. The molecule has 3 unspecified atom stereocenters. The summed E-state index contributed by atoms with van der Waals surface area (Å²) < 4.78 is 13.0. The first kappa shape index (κ1) is 16.2. The van der Waals surface area contributed by atoms with Crippen molar-refractivity contribution < 1.29 is 14.3 Å². The summed E-state index contributed by atoms with van der Waals surface area (Å²) >= 11 is 0. The van der Waals surface area contributed by atoms with E-state index >= 15 is 0 Å². The normalized spacial score (nSPS) is 25.2. The summed E-state index contributed by atoms with van der Waals surface area (Å²) in [6.07, 6.45) is 4.54. The smallest absolute Gasteiger partial charge is 0.317 e. The zero-order valence-electron chi connectivity index (χ0n) is 13.5. The lowest BCUT2D eigenvalue weighted by Crippen LogP contribution is -2.48. The van der Waals surface area contributed by atoms with Gasteiger partial charge in [-0.3, -0.25) is 0 Å². The third-order valence-corrected chi connectivity index (χ3v) is 5.04. The Hall–Kier alpha value is -1.62. The molecule has 23 heavy (non-hydrogen) atoms. The topological polar surface area (TPSA) is 52.6 Å². The van der Waals surface area contributed by atoms with Gasteiger partial charge in [-0.25, -0.2) is 9.18 Å². The van der Waals surface area contributed by atoms with Gasteiger partial charge >= 0.3 is 6.03 Å². The molecule has 2 fully saturated rings. The van der Waals surface area contributed by atoms with Gasteiger partial charge in [-0.1, -0.05) is 25.5 Å². The first-order chi connectivity index (χ1) is 11.0. The van der Waals surface area contributed by atoms with Gasteiger partial charge in [-0.05, 0) is 49.3 Å². The number of hydrogen-bond donors (Lipinski definition) is 2. The molecule has 2 amide bonds. The summed E-state index contributed by atoms with van der Waals surface area (Å²) in [5.74, 6) is 0.190. The highest BCUT2D eigenvalue weighted by atomic mass is 19.1. The third-order valence-electron chi connectivity index (χ3n) is 5.04. The number of aliphatic hydroxyl groups is 1. The van der Waals surface area contributed by atoms with Crippen LogP contribution in [0.4, 0.5) is 9.18 Å². The van der Waals surface area contributed by atoms with Gasteiger partial charge in [0.1, 0.15) is 5.82 Å². The number of nitrogens with zero attached hydrogens (tertiary/aromatic N) is 1. The van der Waals surface area contributed by atoms with E-state index in [1.54, 1.807) is 17.0 Å². The molecule has 3 rings (SSSR count). The summed E-state index contributed by atoms with van der Waals surface area (Å²) in [6.45, 7) is 2.43.